The van der Waals surface area contributed by atoms with Crippen molar-refractivity contribution in [3.8, 4) is 0 Å². The highest BCUT2D eigenvalue weighted by Gasteiger charge is 2.16. The molecule has 86 valence electrons. The maximum atomic E-state index is 8.76. The van der Waals surface area contributed by atoms with Gasteiger partial charge in [-0.2, -0.15) is 0 Å². The summed E-state index contributed by atoms with van der Waals surface area (Å²) < 4.78 is 5.12. The van der Waals surface area contributed by atoms with Crippen LogP contribution >= 0.6 is 0 Å². The van der Waals surface area contributed by atoms with E-state index in [-0.39, 0.29) is 12.0 Å². The van der Waals surface area contributed by atoms with Crippen LogP contribution in [-0.4, -0.2) is 23.2 Å². The summed E-state index contributed by atoms with van der Waals surface area (Å²) >= 11 is 0. The van der Waals surface area contributed by atoms with E-state index < -0.39 is 0 Å². The Morgan fingerprint density at radius 3 is 2.93 bits per heavy atom. The van der Waals surface area contributed by atoms with Gasteiger partial charge in [0.05, 0.1) is 12.7 Å². The molecule has 15 heavy (non-hydrogen) atoms. The van der Waals surface area contributed by atoms with E-state index in [1.54, 1.807) is 6.20 Å². The Morgan fingerprint density at radius 1 is 1.53 bits per heavy atom. The fraction of sp³-hybridized carbons (Fsp3) is 0.727. The molecular weight excluding hydrogens is 192 g/mol. The molecule has 1 aromatic rings. The summed E-state index contributed by atoms with van der Waals surface area (Å²) in [5, 5.41) is 12.1. The van der Waals surface area contributed by atoms with Gasteiger partial charge < -0.3 is 14.8 Å². The van der Waals surface area contributed by atoms with Crippen LogP contribution in [0.5, 0.6) is 0 Å². The number of hydrogen-bond donors (Lipinski definition) is 2. The van der Waals surface area contributed by atoms with Gasteiger partial charge in [0.2, 0.25) is 0 Å². The lowest BCUT2D eigenvalue weighted by molar-refractivity contribution is 0.235. The molecule has 1 rings (SSSR count). The molecule has 0 aromatic carbocycles. The molecule has 0 atom stereocenters. The third-order valence-corrected chi connectivity index (χ3v) is 2.40. The highest BCUT2D eigenvalue weighted by molar-refractivity contribution is 4.87. The summed E-state index contributed by atoms with van der Waals surface area (Å²) in [5.74, 6) is 0.855. The molecule has 0 saturated heterocycles. The number of nitrogens with zero attached hydrogens (tertiary/aromatic N) is 1. The number of aliphatic hydroxyl groups excluding tert-OH is 1. The maximum Gasteiger partial charge on any atom is 0.180 e. The molecule has 0 unspecified atom stereocenters. The minimum absolute atomic E-state index is 0.211. The van der Waals surface area contributed by atoms with Crippen LogP contribution in [0.4, 0.5) is 0 Å². The second-order valence-electron chi connectivity index (χ2n) is 4.56. The third-order valence-electron chi connectivity index (χ3n) is 2.40. The van der Waals surface area contributed by atoms with Gasteiger partial charge in [0.1, 0.15) is 5.76 Å². The fourth-order valence-corrected chi connectivity index (χ4v) is 1.50. The number of aromatic nitrogens is 1. The average molecular weight is 212 g/mol. The topological polar surface area (TPSA) is 58.3 Å². The molecule has 0 fully saturated rings. The van der Waals surface area contributed by atoms with Crippen LogP contribution in [0.15, 0.2) is 17.0 Å². The summed E-state index contributed by atoms with van der Waals surface area (Å²) in [7, 11) is 0. The minimum atomic E-state index is 0.211. The summed E-state index contributed by atoms with van der Waals surface area (Å²) in [6, 6.07) is 0. The quantitative estimate of drug-likeness (QED) is 0.720. The maximum absolute atomic E-state index is 8.76. The van der Waals surface area contributed by atoms with Crippen LogP contribution in [-0.2, 0) is 6.54 Å². The first-order valence-electron chi connectivity index (χ1n) is 5.33. The number of nitrogens with one attached hydrogen (secondary N) is 1. The molecule has 0 spiro atoms. The number of rotatable bonds is 7. The van der Waals surface area contributed by atoms with Crippen molar-refractivity contribution in [2.45, 2.75) is 33.2 Å². The molecule has 0 amide bonds. The Kier molecular flexibility index (Phi) is 4.78. The van der Waals surface area contributed by atoms with Gasteiger partial charge in [0.25, 0.3) is 0 Å². The van der Waals surface area contributed by atoms with E-state index in [0.717, 1.165) is 25.1 Å². The number of hydrogen-bond acceptors (Lipinski definition) is 4. The Hall–Kier alpha value is -0.870. The third kappa shape index (κ3) is 4.95. The normalized spacial score (nSPS) is 11.9. The van der Waals surface area contributed by atoms with E-state index in [1.165, 1.54) is 6.39 Å². The van der Waals surface area contributed by atoms with Crippen molar-refractivity contribution >= 4 is 0 Å². The predicted octanol–water partition coefficient (Wildman–Crippen LogP) is 1.56. The van der Waals surface area contributed by atoms with Crippen molar-refractivity contribution < 1.29 is 9.52 Å². The molecule has 4 nitrogen and oxygen atoms in total. The zero-order valence-corrected chi connectivity index (χ0v) is 9.49. The molecule has 0 aliphatic heterocycles. The molecular formula is C11H20N2O2. The van der Waals surface area contributed by atoms with E-state index in [9.17, 15) is 0 Å². The van der Waals surface area contributed by atoms with Crippen molar-refractivity contribution in [2.24, 2.45) is 5.41 Å². The van der Waals surface area contributed by atoms with Crippen molar-refractivity contribution in [1.82, 2.24) is 10.3 Å². The smallest absolute Gasteiger partial charge is 0.180 e. The molecule has 0 aliphatic rings. The monoisotopic (exact) mass is 212 g/mol. The zero-order chi connectivity index (χ0) is 11.1. The second kappa shape index (κ2) is 5.88. The lowest BCUT2D eigenvalue weighted by Crippen LogP contribution is -2.29. The molecule has 1 aromatic heterocycles. The molecule has 2 N–H and O–H groups in total. The van der Waals surface area contributed by atoms with Crippen molar-refractivity contribution in [1.29, 1.82) is 0 Å². The van der Waals surface area contributed by atoms with E-state index in [4.69, 9.17) is 9.52 Å². The van der Waals surface area contributed by atoms with E-state index in [1.807, 2.05) is 0 Å². The van der Waals surface area contributed by atoms with Crippen LogP contribution in [0.3, 0.4) is 0 Å². The number of aliphatic hydroxyl groups is 1. The minimum Gasteiger partial charge on any atom is -0.447 e. The van der Waals surface area contributed by atoms with Crippen LogP contribution in [0, 0.1) is 5.41 Å². The largest absolute Gasteiger partial charge is 0.447 e. The first-order valence-corrected chi connectivity index (χ1v) is 5.33. The Balaban J connectivity index is 2.18. The lowest BCUT2D eigenvalue weighted by atomic mass is 9.88. The van der Waals surface area contributed by atoms with E-state index in [2.05, 4.69) is 24.1 Å². The SMILES string of the molecule is CC(C)(CCCO)CNCc1cnco1. The van der Waals surface area contributed by atoms with Gasteiger partial charge in [-0.05, 0) is 18.3 Å². The fourth-order valence-electron chi connectivity index (χ4n) is 1.50. The molecule has 0 aliphatic carbocycles. The first kappa shape index (κ1) is 12.2. The second-order valence-corrected chi connectivity index (χ2v) is 4.56. The van der Waals surface area contributed by atoms with Gasteiger partial charge in [-0.3, -0.25) is 0 Å². The van der Waals surface area contributed by atoms with Gasteiger partial charge >= 0.3 is 0 Å². The standard InChI is InChI=1S/C11H20N2O2/c1-11(2,4-3-5-14)8-12-6-10-7-13-9-15-10/h7,9,12,14H,3-6,8H2,1-2H3. The number of oxazole rings is 1. The molecule has 1 heterocycles. The molecule has 4 heteroatoms. The van der Waals surface area contributed by atoms with Gasteiger partial charge in [-0.25, -0.2) is 4.98 Å². The molecule has 0 bridgehead atoms. The summed E-state index contributed by atoms with van der Waals surface area (Å²) in [4.78, 5) is 3.85. The summed E-state index contributed by atoms with van der Waals surface area (Å²) in [6.07, 6.45) is 5.03. The Labute approximate surface area is 90.7 Å². The molecule has 0 radical (unpaired) electrons. The lowest BCUT2D eigenvalue weighted by Gasteiger charge is -2.24. The zero-order valence-electron chi connectivity index (χ0n) is 9.49. The van der Waals surface area contributed by atoms with Gasteiger partial charge in [-0.15, -0.1) is 0 Å². The van der Waals surface area contributed by atoms with Crippen molar-refractivity contribution in [3.63, 3.8) is 0 Å². The van der Waals surface area contributed by atoms with Gasteiger partial charge in [0, 0.05) is 13.2 Å². The predicted molar refractivity (Wildman–Crippen MR) is 58.3 cm³/mol. The Morgan fingerprint density at radius 2 is 2.33 bits per heavy atom. The summed E-state index contributed by atoms with van der Waals surface area (Å²) in [5.41, 5.74) is 0.211. The highest BCUT2D eigenvalue weighted by atomic mass is 16.3. The highest BCUT2D eigenvalue weighted by Crippen LogP contribution is 2.20. The van der Waals surface area contributed by atoms with Crippen LogP contribution in [0.2, 0.25) is 0 Å². The average Bonchev–Trinajstić information content (AvgIpc) is 2.67. The van der Waals surface area contributed by atoms with E-state index in [0.29, 0.717) is 6.54 Å². The van der Waals surface area contributed by atoms with E-state index >= 15 is 0 Å². The van der Waals surface area contributed by atoms with Crippen LogP contribution in [0.25, 0.3) is 0 Å². The van der Waals surface area contributed by atoms with Gasteiger partial charge in [-0.1, -0.05) is 13.8 Å². The van der Waals surface area contributed by atoms with Crippen LogP contribution in [0.1, 0.15) is 32.4 Å². The van der Waals surface area contributed by atoms with Crippen molar-refractivity contribution in [2.75, 3.05) is 13.2 Å². The molecule has 0 saturated carbocycles. The Bertz CT molecular complexity index is 258. The van der Waals surface area contributed by atoms with Crippen LogP contribution < -0.4 is 5.32 Å². The van der Waals surface area contributed by atoms with Crippen molar-refractivity contribution in [3.05, 3.63) is 18.4 Å². The first-order chi connectivity index (χ1) is 7.14. The summed E-state index contributed by atoms with van der Waals surface area (Å²) in [6.45, 7) is 6.27. The van der Waals surface area contributed by atoms with Gasteiger partial charge in [0.15, 0.2) is 6.39 Å².